The molecule has 11 heteroatoms. The van der Waals surface area contributed by atoms with Crippen molar-refractivity contribution < 1.29 is 24.0 Å². The molecule has 42 heavy (non-hydrogen) atoms. The molecule has 2 saturated heterocycles. The number of nitrogens with zero attached hydrogens (tertiary/aromatic N) is 2. The summed E-state index contributed by atoms with van der Waals surface area (Å²) in [5.74, 6) is -2.94. The van der Waals surface area contributed by atoms with E-state index >= 15 is 0 Å². The number of carbonyl (C=O) groups is 5. The van der Waals surface area contributed by atoms with Crippen LogP contribution in [0.1, 0.15) is 48.3 Å². The number of amides is 4. The van der Waals surface area contributed by atoms with E-state index in [4.69, 9.17) is 0 Å². The SMILES string of the molecule is O=C(NCc1ccccc1)C(=O)[C@H](C[C@@H]1CCNC1=O)NC(=O)[C@@H]1[C@H]2CCC[C@H]2CN1C(=O)c1nc2ccccc2[nH]1. The van der Waals surface area contributed by atoms with Gasteiger partial charge in [-0.2, -0.15) is 0 Å². The summed E-state index contributed by atoms with van der Waals surface area (Å²) < 4.78 is 0. The Kier molecular flexibility index (Phi) is 7.73. The van der Waals surface area contributed by atoms with Crippen molar-refractivity contribution >= 4 is 40.4 Å². The zero-order valence-corrected chi connectivity index (χ0v) is 23.2. The predicted molar refractivity (Wildman–Crippen MR) is 153 cm³/mol. The Hall–Kier alpha value is -4.54. The minimum atomic E-state index is -1.20. The van der Waals surface area contributed by atoms with Gasteiger partial charge in [0.2, 0.25) is 17.6 Å². The smallest absolute Gasteiger partial charge is 0.290 e. The Bertz CT molecular complexity index is 1490. The van der Waals surface area contributed by atoms with E-state index in [1.165, 1.54) is 0 Å². The molecule has 6 rings (SSSR count). The second kappa shape index (κ2) is 11.8. The van der Waals surface area contributed by atoms with E-state index in [1.807, 2.05) is 54.6 Å². The number of H-pyrrole nitrogens is 1. The molecule has 3 aromatic rings. The molecular weight excluding hydrogens is 536 g/mol. The van der Waals surface area contributed by atoms with Crippen LogP contribution < -0.4 is 16.0 Å². The number of para-hydroxylation sites is 2. The van der Waals surface area contributed by atoms with Crippen LogP contribution in [0, 0.1) is 17.8 Å². The predicted octanol–water partition coefficient (Wildman–Crippen LogP) is 1.70. The fourth-order valence-electron chi connectivity index (χ4n) is 6.71. The van der Waals surface area contributed by atoms with E-state index < -0.39 is 35.6 Å². The number of nitrogens with one attached hydrogen (secondary N) is 4. The first-order chi connectivity index (χ1) is 20.4. The van der Waals surface area contributed by atoms with Crippen molar-refractivity contribution in [2.45, 2.75) is 50.7 Å². The van der Waals surface area contributed by atoms with Gasteiger partial charge >= 0.3 is 0 Å². The maximum Gasteiger partial charge on any atom is 0.290 e. The van der Waals surface area contributed by atoms with Crippen LogP contribution in [0.15, 0.2) is 54.6 Å². The molecule has 3 heterocycles. The highest BCUT2D eigenvalue weighted by Crippen LogP contribution is 2.42. The lowest BCUT2D eigenvalue weighted by Crippen LogP contribution is -2.55. The molecule has 3 aliphatic rings. The normalized spacial score (nSPS) is 23.8. The molecule has 0 radical (unpaired) electrons. The zero-order chi connectivity index (χ0) is 29.2. The molecule has 4 amide bonds. The number of ketones is 1. The number of imidazole rings is 1. The molecule has 5 atom stereocenters. The fraction of sp³-hybridized carbons (Fsp3) is 0.419. The van der Waals surface area contributed by atoms with Gasteiger partial charge in [0.25, 0.3) is 11.8 Å². The van der Waals surface area contributed by atoms with E-state index in [-0.39, 0.29) is 42.4 Å². The topological polar surface area (TPSA) is 153 Å². The first kappa shape index (κ1) is 27.6. The van der Waals surface area contributed by atoms with Crippen molar-refractivity contribution in [3.05, 3.63) is 66.0 Å². The number of aromatic amines is 1. The Morgan fingerprint density at radius 3 is 2.55 bits per heavy atom. The lowest BCUT2D eigenvalue weighted by Gasteiger charge is -2.28. The first-order valence-electron chi connectivity index (χ1n) is 14.6. The van der Waals surface area contributed by atoms with Gasteiger partial charge in [-0.05, 0) is 55.2 Å². The molecule has 11 nitrogen and oxygen atoms in total. The Labute approximate surface area is 242 Å². The van der Waals surface area contributed by atoms with Crippen molar-refractivity contribution in [2.24, 2.45) is 17.8 Å². The first-order valence-corrected chi connectivity index (χ1v) is 14.6. The Balaban J connectivity index is 1.22. The number of rotatable bonds is 9. The molecule has 0 bridgehead atoms. The molecule has 0 spiro atoms. The number of benzene rings is 2. The van der Waals surface area contributed by atoms with Gasteiger partial charge in [0.1, 0.15) is 6.04 Å². The van der Waals surface area contributed by atoms with Crippen LogP contribution >= 0.6 is 0 Å². The third-order valence-corrected chi connectivity index (χ3v) is 8.85. The number of likely N-dealkylation sites (tertiary alicyclic amines) is 1. The van der Waals surface area contributed by atoms with Crippen LogP contribution in [0.3, 0.4) is 0 Å². The standard InChI is InChI=1S/C31H34N6O5/c38-26(30(41)33-16-18-7-2-1-3-8-18)24(15-19-13-14-32-28(19)39)36-29(40)25-21-10-6-9-20(21)17-37(25)31(42)27-34-22-11-4-5-12-23(22)35-27/h1-5,7-8,11-12,19-21,24-25H,6,9-10,13-17H2,(H,32,39)(H,33,41)(H,34,35)(H,36,40)/t19-,20-,21-,24-,25-/m0/s1. The van der Waals surface area contributed by atoms with E-state index in [9.17, 15) is 24.0 Å². The highest BCUT2D eigenvalue weighted by atomic mass is 16.2. The number of Topliss-reactive ketones (excluding diaryl/α,β-unsaturated/α-hetero) is 1. The molecule has 3 fully saturated rings. The molecule has 1 aromatic heterocycles. The second-order valence-corrected chi connectivity index (χ2v) is 11.5. The number of carbonyl (C=O) groups excluding carboxylic acids is 5. The molecule has 2 aliphatic heterocycles. The summed E-state index contributed by atoms with van der Waals surface area (Å²) >= 11 is 0. The summed E-state index contributed by atoms with van der Waals surface area (Å²) in [6.07, 6.45) is 3.17. The van der Waals surface area contributed by atoms with Crippen LogP contribution in [0.2, 0.25) is 0 Å². The summed E-state index contributed by atoms with van der Waals surface area (Å²) in [5, 5.41) is 8.20. The maximum atomic E-state index is 14.0. The number of fused-ring (bicyclic) bond motifs is 2. The lowest BCUT2D eigenvalue weighted by molar-refractivity contribution is -0.141. The summed E-state index contributed by atoms with van der Waals surface area (Å²) in [4.78, 5) is 75.5. The van der Waals surface area contributed by atoms with Gasteiger partial charge in [0.15, 0.2) is 5.82 Å². The van der Waals surface area contributed by atoms with Crippen LogP contribution in [-0.4, -0.2) is 69.5 Å². The van der Waals surface area contributed by atoms with Gasteiger partial charge < -0.3 is 25.8 Å². The molecular formula is C31H34N6O5. The summed E-state index contributed by atoms with van der Waals surface area (Å²) in [7, 11) is 0. The second-order valence-electron chi connectivity index (χ2n) is 11.5. The summed E-state index contributed by atoms with van der Waals surface area (Å²) in [6, 6.07) is 14.5. The molecule has 1 saturated carbocycles. The molecule has 0 unspecified atom stereocenters. The van der Waals surface area contributed by atoms with Crippen LogP contribution in [0.4, 0.5) is 0 Å². The third-order valence-electron chi connectivity index (χ3n) is 8.85. The number of aromatic nitrogens is 2. The van der Waals surface area contributed by atoms with E-state index in [0.29, 0.717) is 25.0 Å². The van der Waals surface area contributed by atoms with Gasteiger partial charge in [-0.3, -0.25) is 24.0 Å². The minimum absolute atomic E-state index is 0.00744. The van der Waals surface area contributed by atoms with Crippen LogP contribution in [0.5, 0.6) is 0 Å². The molecule has 2 aromatic carbocycles. The highest BCUT2D eigenvalue weighted by molar-refractivity contribution is 6.38. The van der Waals surface area contributed by atoms with Gasteiger partial charge in [-0.25, -0.2) is 4.98 Å². The minimum Gasteiger partial charge on any atom is -0.356 e. The highest BCUT2D eigenvalue weighted by Gasteiger charge is 2.50. The molecule has 1 aliphatic carbocycles. The Morgan fingerprint density at radius 1 is 1.00 bits per heavy atom. The monoisotopic (exact) mass is 570 g/mol. The van der Waals surface area contributed by atoms with Gasteiger partial charge in [0, 0.05) is 25.6 Å². The van der Waals surface area contributed by atoms with E-state index in [2.05, 4.69) is 25.9 Å². The largest absolute Gasteiger partial charge is 0.356 e. The van der Waals surface area contributed by atoms with Crippen molar-refractivity contribution in [3.8, 4) is 0 Å². The van der Waals surface area contributed by atoms with E-state index in [1.54, 1.807) is 4.90 Å². The van der Waals surface area contributed by atoms with E-state index in [0.717, 1.165) is 30.3 Å². The fourth-order valence-corrected chi connectivity index (χ4v) is 6.71. The molecule has 218 valence electrons. The van der Waals surface area contributed by atoms with Crippen molar-refractivity contribution in [1.82, 2.24) is 30.8 Å². The van der Waals surface area contributed by atoms with Gasteiger partial charge in [-0.15, -0.1) is 0 Å². The quantitative estimate of drug-likeness (QED) is 0.287. The summed E-state index contributed by atoms with van der Waals surface area (Å²) in [6.45, 7) is 1.05. The average Bonchev–Trinajstić information content (AvgIpc) is 3.79. The zero-order valence-electron chi connectivity index (χ0n) is 23.2. The van der Waals surface area contributed by atoms with Gasteiger partial charge in [-0.1, -0.05) is 48.9 Å². The van der Waals surface area contributed by atoms with Crippen molar-refractivity contribution in [1.29, 1.82) is 0 Å². The van der Waals surface area contributed by atoms with Crippen molar-refractivity contribution in [2.75, 3.05) is 13.1 Å². The van der Waals surface area contributed by atoms with Crippen LogP contribution in [0.25, 0.3) is 11.0 Å². The number of hydrogen-bond acceptors (Lipinski definition) is 6. The Morgan fingerprint density at radius 2 is 1.79 bits per heavy atom. The maximum absolute atomic E-state index is 14.0. The summed E-state index contributed by atoms with van der Waals surface area (Å²) in [5.41, 5.74) is 2.21. The lowest BCUT2D eigenvalue weighted by atomic mass is 9.91. The average molecular weight is 571 g/mol. The number of hydrogen-bond donors (Lipinski definition) is 4. The third kappa shape index (κ3) is 5.50. The van der Waals surface area contributed by atoms with Crippen molar-refractivity contribution in [3.63, 3.8) is 0 Å². The molecule has 4 N–H and O–H groups in total. The van der Waals surface area contributed by atoms with Crippen LogP contribution in [-0.2, 0) is 25.7 Å². The van der Waals surface area contributed by atoms with Gasteiger partial charge in [0.05, 0.1) is 17.1 Å².